The summed E-state index contributed by atoms with van der Waals surface area (Å²) in [6.45, 7) is 1.92. The highest BCUT2D eigenvalue weighted by Crippen LogP contribution is 2.33. The van der Waals surface area contributed by atoms with E-state index in [4.69, 9.17) is 15.7 Å². The number of benzene rings is 2. The summed E-state index contributed by atoms with van der Waals surface area (Å²) in [6, 6.07) is 12.8. The van der Waals surface area contributed by atoms with Gasteiger partial charge >= 0.3 is 0 Å². The van der Waals surface area contributed by atoms with Gasteiger partial charge in [-0.15, -0.1) is 0 Å². The lowest BCUT2D eigenvalue weighted by atomic mass is 10.2. The summed E-state index contributed by atoms with van der Waals surface area (Å²) in [5, 5.41) is 8.83. The van der Waals surface area contributed by atoms with Gasteiger partial charge in [0.2, 0.25) is 0 Å². The van der Waals surface area contributed by atoms with Crippen molar-refractivity contribution in [2.45, 2.75) is 6.92 Å². The Labute approximate surface area is 114 Å². The van der Waals surface area contributed by atoms with Gasteiger partial charge in [-0.1, -0.05) is 6.07 Å². The number of nitriles is 1. The molecule has 3 nitrogen and oxygen atoms in total. The Morgan fingerprint density at radius 1 is 1.28 bits per heavy atom. The van der Waals surface area contributed by atoms with Crippen LogP contribution < -0.4 is 10.5 Å². The molecule has 2 rings (SSSR count). The molecule has 18 heavy (non-hydrogen) atoms. The van der Waals surface area contributed by atoms with E-state index in [0.717, 1.165) is 10.0 Å². The Morgan fingerprint density at radius 3 is 2.78 bits per heavy atom. The maximum absolute atomic E-state index is 8.83. The summed E-state index contributed by atoms with van der Waals surface area (Å²) in [5.74, 6) is 1.30. The molecule has 0 aromatic heterocycles. The highest BCUT2D eigenvalue weighted by molar-refractivity contribution is 9.10. The van der Waals surface area contributed by atoms with E-state index in [1.165, 1.54) is 0 Å². The number of anilines is 1. The number of hydrogen-bond acceptors (Lipinski definition) is 3. The first kappa shape index (κ1) is 12.5. The van der Waals surface area contributed by atoms with Crippen LogP contribution in [-0.4, -0.2) is 0 Å². The summed E-state index contributed by atoms with van der Waals surface area (Å²) in [7, 11) is 0. The van der Waals surface area contributed by atoms with E-state index in [9.17, 15) is 0 Å². The zero-order valence-corrected chi connectivity index (χ0v) is 11.4. The molecule has 0 aliphatic rings. The van der Waals surface area contributed by atoms with Gasteiger partial charge in [-0.05, 0) is 58.7 Å². The van der Waals surface area contributed by atoms with E-state index in [1.807, 2.05) is 13.0 Å². The van der Waals surface area contributed by atoms with Gasteiger partial charge in [0.1, 0.15) is 11.5 Å². The number of halogens is 1. The molecule has 0 heterocycles. The predicted molar refractivity (Wildman–Crippen MR) is 74.5 cm³/mol. The van der Waals surface area contributed by atoms with E-state index in [0.29, 0.717) is 22.7 Å². The van der Waals surface area contributed by atoms with Crippen molar-refractivity contribution in [2.24, 2.45) is 0 Å². The monoisotopic (exact) mass is 302 g/mol. The normalized spacial score (nSPS) is 9.83. The number of nitrogens with zero attached hydrogens (tertiary/aromatic N) is 1. The summed E-state index contributed by atoms with van der Waals surface area (Å²) in [4.78, 5) is 0. The molecule has 0 aliphatic carbocycles. The molecule has 90 valence electrons. The molecule has 0 spiro atoms. The second-order valence-corrected chi connectivity index (χ2v) is 4.74. The third-order valence-corrected chi connectivity index (χ3v) is 3.13. The molecule has 0 saturated heterocycles. The van der Waals surface area contributed by atoms with Crippen LogP contribution in [0.3, 0.4) is 0 Å². The Morgan fingerprint density at radius 2 is 2.06 bits per heavy atom. The lowest BCUT2D eigenvalue weighted by Gasteiger charge is -2.10. The van der Waals surface area contributed by atoms with Crippen molar-refractivity contribution >= 4 is 21.6 Å². The minimum atomic E-state index is 0.566. The number of hydrogen-bond donors (Lipinski definition) is 1. The first-order valence-corrected chi connectivity index (χ1v) is 6.13. The van der Waals surface area contributed by atoms with Crippen LogP contribution in [0.5, 0.6) is 11.5 Å². The Hall–Kier alpha value is -1.99. The van der Waals surface area contributed by atoms with Gasteiger partial charge in [0, 0.05) is 5.69 Å². The van der Waals surface area contributed by atoms with Gasteiger partial charge in [0.15, 0.2) is 0 Å². The van der Waals surface area contributed by atoms with Crippen LogP contribution in [0.1, 0.15) is 11.1 Å². The molecule has 2 aromatic carbocycles. The molecule has 0 radical (unpaired) electrons. The largest absolute Gasteiger partial charge is 0.456 e. The molecule has 0 amide bonds. The maximum atomic E-state index is 8.83. The van der Waals surface area contributed by atoms with E-state index in [2.05, 4.69) is 22.0 Å². The van der Waals surface area contributed by atoms with Crippen LogP contribution >= 0.6 is 15.9 Å². The highest BCUT2D eigenvalue weighted by atomic mass is 79.9. The number of rotatable bonds is 2. The molecular formula is C14H11BrN2O. The average molecular weight is 303 g/mol. The first-order chi connectivity index (χ1) is 8.60. The predicted octanol–water partition coefficient (Wildman–Crippen LogP) is 4.00. The molecule has 0 bridgehead atoms. The number of nitrogen functional groups attached to an aromatic ring is 1. The summed E-state index contributed by atoms with van der Waals surface area (Å²) >= 11 is 3.40. The Balaban J connectivity index is 2.34. The Bertz CT molecular complexity index is 632. The van der Waals surface area contributed by atoms with Crippen molar-refractivity contribution in [3.8, 4) is 17.6 Å². The van der Waals surface area contributed by atoms with Crippen LogP contribution in [0.2, 0.25) is 0 Å². The molecule has 0 aliphatic heterocycles. The SMILES string of the molecule is Cc1cc(Oc2cccc(C#N)c2)c(Br)cc1N. The maximum Gasteiger partial charge on any atom is 0.142 e. The van der Waals surface area contributed by atoms with E-state index >= 15 is 0 Å². The van der Waals surface area contributed by atoms with Gasteiger partial charge in [-0.25, -0.2) is 0 Å². The molecular weight excluding hydrogens is 292 g/mol. The van der Waals surface area contributed by atoms with Crippen LogP contribution in [-0.2, 0) is 0 Å². The first-order valence-electron chi connectivity index (χ1n) is 5.34. The zero-order chi connectivity index (χ0) is 13.1. The molecule has 0 atom stereocenters. The lowest BCUT2D eigenvalue weighted by molar-refractivity contribution is 0.479. The van der Waals surface area contributed by atoms with Gasteiger partial charge in [0.25, 0.3) is 0 Å². The summed E-state index contributed by atoms with van der Waals surface area (Å²) in [5.41, 5.74) is 8.02. The molecule has 0 fully saturated rings. The third kappa shape index (κ3) is 2.63. The second-order valence-electron chi connectivity index (χ2n) is 3.88. The van der Waals surface area contributed by atoms with Gasteiger partial charge < -0.3 is 10.5 Å². The lowest BCUT2D eigenvalue weighted by Crippen LogP contribution is -1.92. The highest BCUT2D eigenvalue weighted by Gasteiger charge is 2.06. The van der Waals surface area contributed by atoms with Crippen molar-refractivity contribution in [1.29, 1.82) is 5.26 Å². The third-order valence-electron chi connectivity index (χ3n) is 2.51. The standard InChI is InChI=1S/C14H11BrN2O/c1-9-5-14(12(15)7-13(9)17)18-11-4-2-3-10(6-11)8-16/h2-7H,17H2,1H3. The van der Waals surface area contributed by atoms with Crippen LogP contribution in [0.15, 0.2) is 40.9 Å². The van der Waals surface area contributed by atoms with Crippen LogP contribution in [0, 0.1) is 18.3 Å². The number of ether oxygens (including phenoxy) is 1. The topological polar surface area (TPSA) is 59.0 Å². The molecule has 2 aromatic rings. The van der Waals surface area contributed by atoms with E-state index in [1.54, 1.807) is 30.3 Å². The Kier molecular flexibility index (Phi) is 3.54. The average Bonchev–Trinajstić information content (AvgIpc) is 2.36. The quantitative estimate of drug-likeness (QED) is 0.853. The van der Waals surface area contributed by atoms with Crippen molar-refractivity contribution < 1.29 is 4.74 Å². The molecule has 2 N–H and O–H groups in total. The fourth-order valence-corrected chi connectivity index (χ4v) is 1.95. The van der Waals surface area contributed by atoms with E-state index in [-0.39, 0.29) is 0 Å². The fourth-order valence-electron chi connectivity index (χ4n) is 1.50. The van der Waals surface area contributed by atoms with Gasteiger partial charge in [-0.3, -0.25) is 0 Å². The van der Waals surface area contributed by atoms with Crippen LogP contribution in [0.4, 0.5) is 5.69 Å². The second kappa shape index (κ2) is 5.11. The zero-order valence-electron chi connectivity index (χ0n) is 9.77. The minimum absolute atomic E-state index is 0.566. The molecule has 0 saturated carbocycles. The van der Waals surface area contributed by atoms with E-state index < -0.39 is 0 Å². The van der Waals surface area contributed by atoms with Gasteiger partial charge in [-0.2, -0.15) is 5.26 Å². The smallest absolute Gasteiger partial charge is 0.142 e. The fraction of sp³-hybridized carbons (Fsp3) is 0.0714. The van der Waals surface area contributed by atoms with Crippen molar-refractivity contribution in [2.75, 3.05) is 5.73 Å². The number of aryl methyl sites for hydroxylation is 1. The number of nitrogens with two attached hydrogens (primary N) is 1. The van der Waals surface area contributed by atoms with Crippen molar-refractivity contribution in [3.63, 3.8) is 0 Å². The summed E-state index contributed by atoms with van der Waals surface area (Å²) < 4.78 is 6.52. The van der Waals surface area contributed by atoms with Crippen molar-refractivity contribution in [3.05, 3.63) is 52.0 Å². The molecule has 4 heteroatoms. The van der Waals surface area contributed by atoms with Gasteiger partial charge in [0.05, 0.1) is 16.1 Å². The van der Waals surface area contributed by atoms with Crippen molar-refractivity contribution in [1.82, 2.24) is 0 Å². The van der Waals surface area contributed by atoms with Crippen LogP contribution in [0.25, 0.3) is 0 Å². The summed E-state index contributed by atoms with van der Waals surface area (Å²) in [6.07, 6.45) is 0. The minimum Gasteiger partial charge on any atom is -0.456 e. The molecule has 0 unspecified atom stereocenters.